The summed E-state index contributed by atoms with van der Waals surface area (Å²) in [6.07, 6.45) is 30.7. The minimum absolute atomic E-state index is 0. The zero-order valence-corrected chi connectivity index (χ0v) is 22.7. The van der Waals surface area contributed by atoms with E-state index >= 15 is 0 Å². The Labute approximate surface area is 191 Å². The number of rotatable bonds is 22. The van der Waals surface area contributed by atoms with Gasteiger partial charge in [0.15, 0.2) is 0 Å². The van der Waals surface area contributed by atoms with Crippen LogP contribution in [0.25, 0.3) is 0 Å². The van der Waals surface area contributed by atoms with Gasteiger partial charge in [0.2, 0.25) is 0 Å². The molecule has 0 amide bonds. The first-order chi connectivity index (χ1) is 13.5. The smallest absolute Gasteiger partial charge is 0.344 e. The molecule has 0 atom stereocenters. The maximum Gasteiger partial charge on any atom is -0.344 e. The van der Waals surface area contributed by atoms with Gasteiger partial charge >= 0.3 is 172 Å². The predicted molar refractivity (Wildman–Crippen MR) is 143 cm³/mol. The molecule has 0 saturated carbocycles. The molecule has 0 aromatic heterocycles. The largest absolute Gasteiger partial charge is 0.344 e. The topological polar surface area (TPSA) is 35.0 Å². The summed E-state index contributed by atoms with van der Waals surface area (Å²) in [6, 6.07) is 0. The molecule has 0 aliphatic heterocycles. The Morgan fingerprint density at radius 1 is 0.379 bits per heavy atom. The van der Waals surface area contributed by atoms with Gasteiger partial charge in [-0.2, -0.15) is 0 Å². The second-order valence-electron chi connectivity index (χ2n) is 9.66. The molecule has 0 aliphatic carbocycles. The zero-order valence-electron chi connectivity index (χ0n) is 21.1. The Balaban J connectivity index is 0. The molecule has 0 fully saturated rings. The molecular weight excluding hydrogens is 393 g/mol. The quantitative estimate of drug-likeness (QED) is 0.129. The average Bonchev–Trinajstić information content (AvgIpc) is 2.71. The molecule has 0 bridgehead atoms. The van der Waals surface area contributed by atoms with Crippen LogP contribution < -0.4 is 6.15 Å². The summed E-state index contributed by atoms with van der Waals surface area (Å²) < 4.78 is 0. The summed E-state index contributed by atoms with van der Waals surface area (Å²) in [5.74, 6) is -1.97. The molecule has 0 unspecified atom stereocenters. The van der Waals surface area contributed by atoms with Gasteiger partial charge in [0.1, 0.15) is 0 Å². The van der Waals surface area contributed by atoms with E-state index < -0.39 is 5.96 Å². The second kappa shape index (κ2) is 20.6. The molecule has 0 radical (unpaired) electrons. The van der Waals surface area contributed by atoms with Crippen molar-refractivity contribution in [3.63, 3.8) is 0 Å². The molecular formula is C26H59ClNP. The molecule has 29 heavy (non-hydrogen) atoms. The van der Waals surface area contributed by atoms with Gasteiger partial charge in [-0.05, 0) is 0 Å². The van der Waals surface area contributed by atoms with Crippen molar-refractivity contribution in [1.82, 2.24) is 6.15 Å². The molecule has 3 heteroatoms. The molecule has 0 rings (SSSR count). The van der Waals surface area contributed by atoms with E-state index in [0.717, 1.165) is 0 Å². The predicted octanol–water partition coefficient (Wildman–Crippen LogP) is 11.0. The van der Waals surface area contributed by atoms with Crippen molar-refractivity contribution in [2.24, 2.45) is 0 Å². The number of unbranched alkanes of at least 4 members (excludes halogenated alkanes) is 14. The van der Waals surface area contributed by atoms with Crippen LogP contribution in [0.4, 0.5) is 0 Å². The summed E-state index contributed by atoms with van der Waals surface area (Å²) in [5, 5.41) is 0. The van der Waals surface area contributed by atoms with Crippen molar-refractivity contribution >= 4 is 17.2 Å². The van der Waals surface area contributed by atoms with Crippen LogP contribution in [-0.4, -0.2) is 24.6 Å². The van der Waals surface area contributed by atoms with Gasteiger partial charge in [-0.25, -0.2) is 0 Å². The monoisotopic (exact) mass is 451 g/mol. The Morgan fingerprint density at radius 2 is 0.621 bits per heavy atom. The summed E-state index contributed by atoms with van der Waals surface area (Å²) >= 11 is 7.70. The van der Waals surface area contributed by atoms with Gasteiger partial charge < -0.3 is 6.15 Å². The van der Waals surface area contributed by atoms with Crippen LogP contribution >= 0.6 is 17.2 Å². The standard InChI is InChI=1S/C26H56ClP.H3N/c1-5-9-13-14-15-16-17-18-19-20-21-22-26-28(27,23-10-6-2,24-11-7-3)25-12-8-4;/h5-26H2,1-4H3;1H3. The SMILES string of the molecule is CCCCCCCCCCCCCCP(Cl)(CCCC)(CCCC)CCCC.N. The Bertz CT molecular complexity index is 310. The third-order valence-corrected chi connectivity index (χ3v) is 14.5. The van der Waals surface area contributed by atoms with Gasteiger partial charge in [0.05, 0.1) is 0 Å². The number of hydrogen-bond acceptors (Lipinski definition) is 1. The van der Waals surface area contributed by atoms with Crippen molar-refractivity contribution < 1.29 is 0 Å². The molecule has 1 nitrogen and oxygen atoms in total. The second-order valence-corrected chi connectivity index (χ2v) is 18.0. The Hall–Kier alpha value is 0.680. The maximum absolute atomic E-state index is 7.70. The summed E-state index contributed by atoms with van der Waals surface area (Å²) in [7, 11) is 0. The Kier molecular flexibility index (Phi) is 22.6. The van der Waals surface area contributed by atoms with E-state index in [4.69, 9.17) is 11.2 Å². The van der Waals surface area contributed by atoms with Crippen LogP contribution in [0.1, 0.15) is 143 Å². The van der Waals surface area contributed by atoms with Crippen LogP contribution in [0, 0.1) is 0 Å². The minimum Gasteiger partial charge on any atom is -0.344 e. The first kappa shape index (κ1) is 31.9. The van der Waals surface area contributed by atoms with Gasteiger partial charge in [0.25, 0.3) is 0 Å². The van der Waals surface area contributed by atoms with E-state index in [2.05, 4.69) is 27.7 Å². The fraction of sp³-hybridized carbons (Fsp3) is 1.00. The van der Waals surface area contributed by atoms with Crippen LogP contribution in [0.3, 0.4) is 0 Å². The molecule has 0 heterocycles. The van der Waals surface area contributed by atoms with Gasteiger partial charge in [-0.15, -0.1) is 0 Å². The van der Waals surface area contributed by atoms with Crippen LogP contribution in [0.5, 0.6) is 0 Å². The normalized spacial score (nSPS) is 13.1. The molecule has 0 spiro atoms. The van der Waals surface area contributed by atoms with Crippen LogP contribution in [0.2, 0.25) is 0 Å². The van der Waals surface area contributed by atoms with Crippen molar-refractivity contribution in [1.29, 1.82) is 0 Å². The fourth-order valence-corrected chi connectivity index (χ4v) is 11.8. The van der Waals surface area contributed by atoms with Crippen molar-refractivity contribution in [3.8, 4) is 0 Å². The summed E-state index contributed by atoms with van der Waals surface area (Å²) in [4.78, 5) is 0. The van der Waals surface area contributed by atoms with Crippen molar-refractivity contribution in [2.45, 2.75) is 143 Å². The van der Waals surface area contributed by atoms with Gasteiger partial charge in [-0.3, -0.25) is 0 Å². The minimum atomic E-state index is -1.97. The molecule has 3 N–H and O–H groups in total. The third-order valence-electron chi connectivity index (χ3n) is 6.78. The van der Waals surface area contributed by atoms with Crippen LogP contribution in [0.15, 0.2) is 0 Å². The Morgan fingerprint density at radius 3 is 0.931 bits per heavy atom. The maximum atomic E-state index is 7.70. The molecule has 180 valence electrons. The zero-order chi connectivity index (χ0) is 21.0. The van der Waals surface area contributed by atoms with E-state index in [-0.39, 0.29) is 6.15 Å². The fourth-order valence-electron chi connectivity index (χ4n) is 4.68. The van der Waals surface area contributed by atoms with Crippen LogP contribution in [-0.2, 0) is 0 Å². The summed E-state index contributed by atoms with van der Waals surface area (Å²) in [5.41, 5.74) is 0. The molecule has 0 aromatic rings. The number of hydrogen-bond donors (Lipinski definition) is 1. The van der Waals surface area contributed by atoms with E-state index in [1.807, 2.05) is 0 Å². The van der Waals surface area contributed by atoms with Gasteiger partial charge in [-0.1, -0.05) is 13.3 Å². The third kappa shape index (κ3) is 17.0. The molecule has 0 aliphatic rings. The van der Waals surface area contributed by atoms with Crippen molar-refractivity contribution in [3.05, 3.63) is 0 Å². The number of halogens is 1. The molecule has 0 saturated heterocycles. The molecule has 0 aromatic carbocycles. The summed E-state index contributed by atoms with van der Waals surface area (Å²) in [6.45, 7) is 9.31. The van der Waals surface area contributed by atoms with Crippen molar-refractivity contribution in [2.75, 3.05) is 24.6 Å². The average molecular weight is 452 g/mol. The van der Waals surface area contributed by atoms with E-state index in [0.29, 0.717) is 0 Å². The first-order valence-electron chi connectivity index (χ1n) is 13.3. The first-order valence-corrected chi connectivity index (χ1v) is 17.1. The van der Waals surface area contributed by atoms with E-state index in [1.54, 1.807) is 0 Å². The van der Waals surface area contributed by atoms with Gasteiger partial charge in [0, 0.05) is 0 Å². The van der Waals surface area contributed by atoms with E-state index in [9.17, 15) is 0 Å². The van der Waals surface area contributed by atoms with E-state index in [1.165, 1.54) is 140 Å².